The van der Waals surface area contributed by atoms with E-state index < -0.39 is 0 Å². The quantitative estimate of drug-likeness (QED) is 0.704. The summed E-state index contributed by atoms with van der Waals surface area (Å²) in [5.74, 6) is 1.83. The van der Waals surface area contributed by atoms with Gasteiger partial charge in [0.1, 0.15) is 11.5 Å². The van der Waals surface area contributed by atoms with Gasteiger partial charge in [0.05, 0.1) is 7.11 Å². The number of fused-ring (bicyclic) bond motifs is 1. The van der Waals surface area contributed by atoms with E-state index in [1.54, 1.807) is 35.9 Å². The number of ether oxygens (including phenoxy) is 2. The summed E-state index contributed by atoms with van der Waals surface area (Å²) in [5.41, 5.74) is 0. The second-order valence-corrected chi connectivity index (χ2v) is 5.94. The van der Waals surface area contributed by atoms with Gasteiger partial charge in [0.2, 0.25) is 10.1 Å². The third kappa shape index (κ3) is 3.62. The predicted octanol–water partition coefficient (Wildman–Crippen LogP) is 2.16. The molecule has 9 heteroatoms. The molecule has 24 heavy (non-hydrogen) atoms. The molecule has 0 saturated heterocycles. The van der Waals surface area contributed by atoms with Gasteiger partial charge in [0.25, 0.3) is 5.91 Å². The Kier molecular flexibility index (Phi) is 4.90. The molecule has 0 aliphatic heterocycles. The van der Waals surface area contributed by atoms with Gasteiger partial charge in [-0.1, -0.05) is 18.3 Å². The molecule has 1 amide bonds. The summed E-state index contributed by atoms with van der Waals surface area (Å²) in [6, 6.07) is 7.02. The fraction of sp³-hybridized carbons (Fsp3) is 0.333. The van der Waals surface area contributed by atoms with Gasteiger partial charge < -0.3 is 9.47 Å². The number of hydrogen-bond acceptors (Lipinski definition) is 7. The molecule has 0 bridgehead atoms. The number of aromatic nitrogens is 4. The van der Waals surface area contributed by atoms with Crippen molar-refractivity contribution in [2.24, 2.45) is 0 Å². The molecule has 0 radical (unpaired) electrons. The Hall–Kier alpha value is -2.68. The van der Waals surface area contributed by atoms with E-state index in [1.165, 1.54) is 11.3 Å². The van der Waals surface area contributed by atoms with Crippen molar-refractivity contribution in [1.29, 1.82) is 0 Å². The molecule has 0 spiro atoms. The van der Waals surface area contributed by atoms with Crippen molar-refractivity contribution in [3.63, 3.8) is 0 Å². The molecule has 0 fully saturated rings. The normalized spacial score (nSPS) is 10.8. The first kappa shape index (κ1) is 16.2. The lowest BCUT2D eigenvalue weighted by molar-refractivity contribution is -0.118. The summed E-state index contributed by atoms with van der Waals surface area (Å²) in [6.45, 7) is 1.96. The zero-order valence-electron chi connectivity index (χ0n) is 13.4. The van der Waals surface area contributed by atoms with Gasteiger partial charge in [-0.3, -0.25) is 10.1 Å². The van der Waals surface area contributed by atoms with Crippen LogP contribution in [0.15, 0.2) is 24.3 Å². The molecule has 3 aromatic rings. The van der Waals surface area contributed by atoms with Crippen LogP contribution in [0.1, 0.15) is 19.2 Å². The maximum atomic E-state index is 12.0. The minimum absolute atomic E-state index is 0.103. The topological polar surface area (TPSA) is 90.6 Å². The Morgan fingerprint density at radius 2 is 2.00 bits per heavy atom. The van der Waals surface area contributed by atoms with Gasteiger partial charge in [0.15, 0.2) is 12.4 Å². The molecule has 1 aromatic carbocycles. The van der Waals surface area contributed by atoms with Crippen molar-refractivity contribution >= 4 is 27.3 Å². The van der Waals surface area contributed by atoms with E-state index in [0.717, 1.165) is 24.4 Å². The van der Waals surface area contributed by atoms with Crippen LogP contribution in [-0.4, -0.2) is 39.4 Å². The number of rotatable bonds is 7. The van der Waals surface area contributed by atoms with E-state index in [-0.39, 0.29) is 12.5 Å². The number of anilines is 1. The summed E-state index contributed by atoms with van der Waals surface area (Å²) in [5, 5.41) is 15.6. The van der Waals surface area contributed by atoms with Crippen molar-refractivity contribution < 1.29 is 14.3 Å². The zero-order valence-corrected chi connectivity index (χ0v) is 14.2. The van der Waals surface area contributed by atoms with E-state index in [9.17, 15) is 4.79 Å². The number of nitrogens with zero attached hydrogens (tertiary/aromatic N) is 4. The summed E-state index contributed by atoms with van der Waals surface area (Å²) < 4.78 is 12.2. The van der Waals surface area contributed by atoms with Gasteiger partial charge in [-0.15, -0.1) is 15.3 Å². The maximum absolute atomic E-state index is 12.0. The summed E-state index contributed by atoms with van der Waals surface area (Å²) in [4.78, 5) is 12.6. The second kappa shape index (κ2) is 7.26. The molecular formula is C15H17N5O3S. The van der Waals surface area contributed by atoms with Crippen LogP contribution < -0.4 is 14.8 Å². The van der Waals surface area contributed by atoms with Gasteiger partial charge in [0, 0.05) is 6.42 Å². The van der Waals surface area contributed by atoms with Crippen LogP contribution in [0.25, 0.3) is 4.96 Å². The number of nitrogens with one attached hydrogen (secondary N) is 1. The van der Waals surface area contributed by atoms with Crippen LogP contribution in [0, 0.1) is 0 Å². The molecule has 1 N–H and O–H groups in total. The summed E-state index contributed by atoms with van der Waals surface area (Å²) in [7, 11) is 1.59. The highest BCUT2D eigenvalue weighted by molar-refractivity contribution is 7.20. The number of benzene rings is 1. The largest absolute Gasteiger partial charge is 0.497 e. The van der Waals surface area contributed by atoms with E-state index in [1.807, 2.05) is 0 Å². The minimum Gasteiger partial charge on any atom is -0.497 e. The molecule has 2 aromatic heterocycles. The zero-order chi connectivity index (χ0) is 16.9. The first-order valence-electron chi connectivity index (χ1n) is 7.47. The lowest BCUT2D eigenvalue weighted by Crippen LogP contribution is -2.20. The highest BCUT2D eigenvalue weighted by Crippen LogP contribution is 2.20. The van der Waals surface area contributed by atoms with Crippen LogP contribution in [-0.2, 0) is 11.2 Å². The molecule has 0 aliphatic rings. The fourth-order valence-corrected chi connectivity index (χ4v) is 2.84. The molecule has 0 atom stereocenters. The monoisotopic (exact) mass is 347 g/mol. The first-order chi connectivity index (χ1) is 11.7. The Morgan fingerprint density at radius 1 is 1.25 bits per heavy atom. The maximum Gasteiger partial charge on any atom is 0.264 e. The van der Waals surface area contributed by atoms with Gasteiger partial charge >= 0.3 is 0 Å². The molecule has 126 valence electrons. The lowest BCUT2D eigenvalue weighted by atomic mass is 10.3. The number of carbonyl (C=O) groups excluding carboxylic acids is 1. The van der Waals surface area contributed by atoms with Crippen molar-refractivity contribution in [1.82, 2.24) is 19.8 Å². The van der Waals surface area contributed by atoms with Crippen LogP contribution >= 0.6 is 11.3 Å². The molecule has 2 heterocycles. The lowest BCUT2D eigenvalue weighted by Gasteiger charge is -2.06. The number of hydrogen-bond donors (Lipinski definition) is 1. The van der Waals surface area contributed by atoms with Crippen LogP contribution in [0.2, 0.25) is 0 Å². The average molecular weight is 347 g/mol. The average Bonchev–Trinajstić information content (AvgIpc) is 3.15. The standard InChI is InChI=1S/C15H17N5O3S/c1-3-4-12-17-18-15-20(12)19-14(24-15)16-13(21)9-23-11-7-5-10(22-2)6-8-11/h5-8H,3-4,9H2,1-2H3,(H,16,19,21). The highest BCUT2D eigenvalue weighted by atomic mass is 32.1. The van der Waals surface area contributed by atoms with Crippen molar-refractivity contribution in [3.05, 3.63) is 30.1 Å². The minimum atomic E-state index is -0.284. The molecular weight excluding hydrogens is 330 g/mol. The van der Waals surface area contributed by atoms with Crippen LogP contribution in [0.3, 0.4) is 0 Å². The van der Waals surface area contributed by atoms with Gasteiger partial charge in [-0.25, -0.2) is 0 Å². The Morgan fingerprint density at radius 3 is 2.71 bits per heavy atom. The van der Waals surface area contributed by atoms with Crippen LogP contribution in [0.5, 0.6) is 11.5 Å². The molecule has 3 rings (SSSR count). The van der Waals surface area contributed by atoms with Crippen molar-refractivity contribution in [3.8, 4) is 11.5 Å². The Labute approximate surface area is 142 Å². The molecule has 8 nitrogen and oxygen atoms in total. The summed E-state index contributed by atoms with van der Waals surface area (Å²) in [6.07, 6.45) is 1.74. The van der Waals surface area contributed by atoms with Gasteiger partial charge in [-0.05, 0) is 30.7 Å². The molecule has 0 aliphatic carbocycles. The smallest absolute Gasteiger partial charge is 0.264 e. The third-order valence-electron chi connectivity index (χ3n) is 3.20. The number of amides is 1. The highest BCUT2D eigenvalue weighted by Gasteiger charge is 2.13. The Bertz CT molecular complexity index is 827. The van der Waals surface area contributed by atoms with E-state index in [4.69, 9.17) is 9.47 Å². The predicted molar refractivity (Wildman–Crippen MR) is 89.8 cm³/mol. The molecule has 0 unspecified atom stereocenters. The van der Waals surface area contributed by atoms with Crippen LogP contribution in [0.4, 0.5) is 5.13 Å². The summed E-state index contributed by atoms with van der Waals surface area (Å²) >= 11 is 1.27. The van der Waals surface area contributed by atoms with E-state index in [0.29, 0.717) is 15.8 Å². The first-order valence-corrected chi connectivity index (χ1v) is 8.29. The number of methoxy groups -OCH3 is 1. The number of aryl methyl sites for hydroxylation is 1. The number of carbonyl (C=O) groups is 1. The van der Waals surface area contributed by atoms with E-state index in [2.05, 4.69) is 27.5 Å². The van der Waals surface area contributed by atoms with Crippen molar-refractivity contribution in [2.75, 3.05) is 19.0 Å². The van der Waals surface area contributed by atoms with Crippen molar-refractivity contribution in [2.45, 2.75) is 19.8 Å². The van der Waals surface area contributed by atoms with Gasteiger partial charge in [-0.2, -0.15) is 4.52 Å². The van der Waals surface area contributed by atoms with E-state index >= 15 is 0 Å². The molecule has 0 saturated carbocycles. The Balaban J connectivity index is 1.58. The third-order valence-corrected chi connectivity index (χ3v) is 4.02. The second-order valence-electron chi connectivity index (χ2n) is 4.98. The fourth-order valence-electron chi connectivity index (χ4n) is 2.06. The SMILES string of the molecule is CCCc1nnc2sc(NC(=O)COc3ccc(OC)cc3)nn12.